The number of hydrogen-bond acceptors (Lipinski definition) is 6. The summed E-state index contributed by atoms with van der Waals surface area (Å²) in [4.78, 5) is 12.1. The minimum absolute atomic E-state index is 0.112. The monoisotopic (exact) mass is 432 g/mol. The topological polar surface area (TPSA) is 66.9 Å². The Balaban J connectivity index is 1.51. The summed E-state index contributed by atoms with van der Waals surface area (Å²) in [5.41, 5.74) is 3.92. The number of aromatic nitrogens is 2. The van der Waals surface area contributed by atoms with Crippen LogP contribution in [0.25, 0.3) is 0 Å². The van der Waals surface area contributed by atoms with Gasteiger partial charge in [0.1, 0.15) is 0 Å². The van der Waals surface area contributed by atoms with E-state index in [0.717, 1.165) is 15.6 Å². The third kappa shape index (κ3) is 5.70. The second-order valence-corrected chi connectivity index (χ2v) is 9.18. The number of nitrogens with one attached hydrogen (secondary N) is 2. The van der Waals surface area contributed by atoms with Gasteiger partial charge in [0.2, 0.25) is 11.0 Å². The van der Waals surface area contributed by atoms with Gasteiger partial charge in [-0.15, -0.1) is 10.2 Å². The lowest BCUT2D eigenvalue weighted by molar-refractivity contribution is -0.113. The first-order valence-corrected chi connectivity index (χ1v) is 11.0. The number of aryl methyl sites for hydroxylation is 1. The average molecular weight is 433 g/mol. The van der Waals surface area contributed by atoms with Crippen LogP contribution < -0.4 is 10.6 Å². The van der Waals surface area contributed by atoms with E-state index in [-0.39, 0.29) is 11.7 Å². The molecule has 0 unspecified atom stereocenters. The molecule has 0 atom stereocenters. The van der Waals surface area contributed by atoms with Crippen molar-refractivity contribution in [1.29, 1.82) is 0 Å². The fourth-order valence-corrected chi connectivity index (χ4v) is 4.14. The maximum atomic E-state index is 12.1. The second kappa shape index (κ2) is 9.41. The van der Waals surface area contributed by atoms with Crippen LogP contribution in [-0.2, 0) is 4.79 Å². The van der Waals surface area contributed by atoms with Gasteiger partial charge in [0.05, 0.1) is 5.75 Å². The zero-order valence-corrected chi connectivity index (χ0v) is 18.2. The largest absolute Gasteiger partial charge is 0.330 e. The lowest BCUT2D eigenvalue weighted by Crippen LogP contribution is -2.13. The SMILES string of the molecule is Cc1ccc(NC(=O)CSc2nnc(Nc3ccc(C(C)C)cc3)s2)cc1Cl. The summed E-state index contributed by atoms with van der Waals surface area (Å²) >= 11 is 8.86. The van der Waals surface area contributed by atoms with Crippen molar-refractivity contribution in [2.75, 3.05) is 16.4 Å². The number of anilines is 3. The Bertz CT molecular complexity index is 957. The highest BCUT2D eigenvalue weighted by atomic mass is 35.5. The van der Waals surface area contributed by atoms with Gasteiger partial charge in [-0.2, -0.15) is 0 Å². The van der Waals surface area contributed by atoms with Crippen molar-refractivity contribution in [1.82, 2.24) is 10.2 Å². The number of thioether (sulfide) groups is 1. The molecule has 2 N–H and O–H groups in total. The van der Waals surface area contributed by atoms with E-state index in [2.05, 4.69) is 46.8 Å². The number of carbonyl (C=O) groups excluding carboxylic acids is 1. The van der Waals surface area contributed by atoms with Gasteiger partial charge in [0, 0.05) is 16.4 Å². The lowest BCUT2D eigenvalue weighted by atomic mass is 10.0. The van der Waals surface area contributed by atoms with E-state index < -0.39 is 0 Å². The Kier molecular flexibility index (Phi) is 6.93. The summed E-state index contributed by atoms with van der Waals surface area (Å²) in [6, 6.07) is 13.7. The van der Waals surface area contributed by atoms with Crippen molar-refractivity contribution in [3.8, 4) is 0 Å². The number of amides is 1. The number of rotatable bonds is 7. The van der Waals surface area contributed by atoms with E-state index in [0.29, 0.717) is 21.8 Å². The summed E-state index contributed by atoms with van der Waals surface area (Å²) in [5, 5.41) is 15.7. The maximum absolute atomic E-state index is 12.1. The molecule has 2 aromatic carbocycles. The number of halogens is 1. The first kappa shape index (κ1) is 20.6. The predicted octanol–water partition coefficient (Wildman–Crippen LogP) is 6.10. The van der Waals surface area contributed by atoms with Crippen LogP contribution in [0.15, 0.2) is 46.8 Å². The van der Waals surface area contributed by atoms with E-state index >= 15 is 0 Å². The van der Waals surface area contributed by atoms with Crippen LogP contribution in [0.3, 0.4) is 0 Å². The maximum Gasteiger partial charge on any atom is 0.234 e. The molecule has 0 radical (unpaired) electrons. The minimum atomic E-state index is -0.112. The fraction of sp³-hybridized carbons (Fsp3) is 0.250. The third-order valence-corrected chi connectivity index (χ3v) is 6.40. The molecular formula is C20H21ClN4OS2. The normalized spacial score (nSPS) is 10.9. The van der Waals surface area contributed by atoms with Crippen LogP contribution in [0.4, 0.5) is 16.5 Å². The van der Waals surface area contributed by atoms with Gasteiger partial charge >= 0.3 is 0 Å². The second-order valence-electron chi connectivity index (χ2n) is 6.58. The standard InChI is InChI=1S/C20H21ClN4OS2/c1-12(2)14-5-8-15(9-6-14)23-19-24-25-20(28-19)27-11-18(26)22-16-7-4-13(3)17(21)10-16/h4-10,12H,11H2,1-3H3,(H,22,26)(H,23,24). The molecule has 0 saturated heterocycles. The van der Waals surface area contributed by atoms with Gasteiger partial charge in [-0.3, -0.25) is 4.79 Å². The highest BCUT2D eigenvalue weighted by molar-refractivity contribution is 8.01. The molecule has 0 spiro atoms. The number of carbonyl (C=O) groups is 1. The van der Waals surface area contributed by atoms with Crippen molar-refractivity contribution in [3.63, 3.8) is 0 Å². The molecule has 1 aromatic heterocycles. The van der Waals surface area contributed by atoms with E-state index in [4.69, 9.17) is 11.6 Å². The lowest BCUT2D eigenvalue weighted by Gasteiger charge is -2.07. The summed E-state index contributed by atoms with van der Waals surface area (Å²) in [6.07, 6.45) is 0. The molecular weight excluding hydrogens is 412 g/mol. The van der Waals surface area contributed by atoms with Crippen LogP contribution in [0, 0.1) is 6.92 Å². The molecule has 0 aliphatic carbocycles. The van der Waals surface area contributed by atoms with Gasteiger partial charge < -0.3 is 10.6 Å². The molecule has 0 fully saturated rings. The molecule has 28 heavy (non-hydrogen) atoms. The molecule has 8 heteroatoms. The fourth-order valence-electron chi connectivity index (χ4n) is 2.39. The molecule has 0 aliphatic heterocycles. The summed E-state index contributed by atoms with van der Waals surface area (Å²) < 4.78 is 0.735. The Morgan fingerprint density at radius 2 is 1.86 bits per heavy atom. The Morgan fingerprint density at radius 1 is 1.14 bits per heavy atom. The Labute approximate surface area is 177 Å². The molecule has 1 heterocycles. The highest BCUT2D eigenvalue weighted by Gasteiger charge is 2.10. The average Bonchev–Trinajstić information content (AvgIpc) is 3.11. The molecule has 3 aromatic rings. The third-order valence-electron chi connectivity index (χ3n) is 4.02. The van der Waals surface area contributed by atoms with Crippen LogP contribution >= 0.6 is 34.7 Å². The van der Waals surface area contributed by atoms with Crippen molar-refractivity contribution < 1.29 is 4.79 Å². The van der Waals surface area contributed by atoms with Crippen molar-refractivity contribution in [2.24, 2.45) is 0 Å². The Hall–Kier alpha value is -2.09. The van der Waals surface area contributed by atoms with Gasteiger partial charge in [0.15, 0.2) is 4.34 Å². The van der Waals surface area contributed by atoms with Crippen molar-refractivity contribution in [3.05, 3.63) is 58.6 Å². The van der Waals surface area contributed by atoms with Crippen LogP contribution in [-0.4, -0.2) is 21.9 Å². The number of benzene rings is 2. The smallest absolute Gasteiger partial charge is 0.234 e. The molecule has 0 aliphatic rings. The predicted molar refractivity (Wildman–Crippen MR) is 119 cm³/mol. The van der Waals surface area contributed by atoms with Crippen LogP contribution in [0.1, 0.15) is 30.9 Å². The molecule has 146 valence electrons. The quantitative estimate of drug-likeness (QED) is 0.441. The van der Waals surface area contributed by atoms with Gasteiger partial charge in [-0.25, -0.2) is 0 Å². The molecule has 0 saturated carbocycles. The number of nitrogens with zero attached hydrogens (tertiary/aromatic N) is 2. The van der Waals surface area contributed by atoms with Crippen LogP contribution in [0.5, 0.6) is 0 Å². The summed E-state index contributed by atoms with van der Waals surface area (Å²) in [7, 11) is 0. The van der Waals surface area contributed by atoms with E-state index in [1.165, 1.54) is 28.7 Å². The van der Waals surface area contributed by atoms with Crippen molar-refractivity contribution >= 4 is 57.1 Å². The highest BCUT2D eigenvalue weighted by Crippen LogP contribution is 2.28. The zero-order chi connectivity index (χ0) is 20.1. The minimum Gasteiger partial charge on any atom is -0.330 e. The van der Waals surface area contributed by atoms with Gasteiger partial charge in [-0.1, -0.05) is 66.7 Å². The summed E-state index contributed by atoms with van der Waals surface area (Å²) in [6.45, 7) is 6.25. The Morgan fingerprint density at radius 3 is 2.54 bits per heavy atom. The van der Waals surface area contributed by atoms with Crippen LogP contribution in [0.2, 0.25) is 5.02 Å². The molecule has 0 bridgehead atoms. The molecule has 1 amide bonds. The van der Waals surface area contributed by atoms with E-state index in [1.54, 1.807) is 6.07 Å². The first-order valence-electron chi connectivity index (χ1n) is 8.80. The zero-order valence-electron chi connectivity index (χ0n) is 15.8. The van der Waals surface area contributed by atoms with Crippen molar-refractivity contribution in [2.45, 2.75) is 31.0 Å². The van der Waals surface area contributed by atoms with Gasteiger partial charge in [-0.05, 0) is 48.2 Å². The summed E-state index contributed by atoms with van der Waals surface area (Å²) in [5.74, 6) is 0.642. The van der Waals surface area contributed by atoms with E-state index in [1.807, 2.05) is 31.2 Å². The van der Waals surface area contributed by atoms with E-state index in [9.17, 15) is 4.79 Å². The molecule has 5 nitrogen and oxygen atoms in total. The number of hydrogen-bond donors (Lipinski definition) is 2. The first-order chi connectivity index (χ1) is 13.4. The van der Waals surface area contributed by atoms with Gasteiger partial charge in [0.25, 0.3) is 0 Å². The molecule has 3 rings (SSSR count).